The zero-order valence-electron chi connectivity index (χ0n) is 13.1. The largest absolute Gasteiger partial charge is 0.383 e. The van der Waals surface area contributed by atoms with Gasteiger partial charge in [0.25, 0.3) is 10.2 Å². The molecule has 7 heteroatoms. The first-order valence-corrected chi connectivity index (χ1v) is 8.73. The van der Waals surface area contributed by atoms with Gasteiger partial charge in [0.05, 0.1) is 6.61 Å². The lowest BCUT2D eigenvalue weighted by atomic mass is 10.00. The molecule has 0 radical (unpaired) electrons. The quantitative estimate of drug-likeness (QED) is 0.710. The third-order valence-electron chi connectivity index (χ3n) is 3.69. The van der Waals surface area contributed by atoms with E-state index in [4.69, 9.17) is 4.74 Å². The van der Waals surface area contributed by atoms with E-state index in [9.17, 15) is 8.42 Å². The monoisotopic (exact) mass is 307 g/mol. The summed E-state index contributed by atoms with van der Waals surface area (Å²) < 4.78 is 33.7. The maximum Gasteiger partial charge on any atom is 0.282 e. The van der Waals surface area contributed by atoms with Crippen LogP contribution in [0.25, 0.3) is 0 Å². The van der Waals surface area contributed by atoms with Crippen molar-refractivity contribution < 1.29 is 13.2 Å². The molecule has 1 unspecified atom stereocenters. The van der Waals surface area contributed by atoms with Crippen LogP contribution in [0.4, 0.5) is 0 Å². The van der Waals surface area contributed by atoms with Gasteiger partial charge < -0.3 is 10.1 Å². The molecule has 0 aromatic rings. The number of nitrogens with zero attached hydrogens (tertiary/aromatic N) is 2. The highest BCUT2D eigenvalue weighted by molar-refractivity contribution is 7.86. The Bertz CT molecular complexity index is 371. The Morgan fingerprint density at radius 1 is 1.45 bits per heavy atom. The van der Waals surface area contributed by atoms with Gasteiger partial charge in [-0.15, -0.1) is 0 Å². The summed E-state index contributed by atoms with van der Waals surface area (Å²) in [5.74, 6) is 0.403. The normalized spacial score (nSPS) is 21.8. The predicted molar refractivity (Wildman–Crippen MR) is 80.9 cm³/mol. The van der Waals surface area contributed by atoms with Crippen molar-refractivity contribution in [3.8, 4) is 0 Å². The van der Waals surface area contributed by atoms with Gasteiger partial charge in [0.2, 0.25) is 0 Å². The molecular weight excluding hydrogens is 278 g/mol. The number of hydrogen-bond acceptors (Lipinski definition) is 4. The van der Waals surface area contributed by atoms with Gasteiger partial charge in [-0.3, -0.25) is 0 Å². The van der Waals surface area contributed by atoms with E-state index in [0.29, 0.717) is 32.2 Å². The second kappa shape index (κ2) is 8.29. The summed E-state index contributed by atoms with van der Waals surface area (Å²) in [6.07, 6.45) is 2.02. The number of hydrogen-bond donors (Lipinski definition) is 1. The van der Waals surface area contributed by atoms with Gasteiger partial charge in [-0.2, -0.15) is 17.0 Å². The number of methoxy groups -OCH3 is 1. The lowest BCUT2D eigenvalue weighted by Crippen LogP contribution is -2.51. The molecule has 1 atom stereocenters. The van der Waals surface area contributed by atoms with Gasteiger partial charge in [0, 0.05) is 32.8 Å². The van der Waals surface area contributed by atoms with E-state index in [1.807, 2.05) is 20.9 Å². The number of rotatable bonds is 8. The van der Waals surface area contributed by atoms with Crippen LogP contribution in [0.1, 0.15) is 26.7 Å². The van der Waals surface area contributed by atoms with Crippen molar-refractivity contribution in [2.24, 2.45) is 5.92 Å². The Labute approximate surface area is 123 Å². The topological polar surface area (TPSA) is 61.9 Å². The maximum atomic E-state index is 12.8. The number of nitrogens with one attached hydrogen (secondary N) is 1. The Morgan fingerprint density at radius 3 is 2.70 bits per heavy atom. The predicted octanol–water partition coefficient (Wildman–Crippen LogP) is 0.519. The van der Waals surface area contributed by atoms with E-state index >= 15 is 0 Å². The minimum absolute atomic E-state index is 0.0557. The summed E-state index contributed by atoms with van der Waals surface area (Å²) >= 11 is 0. The van der Waals surface area contributed by atoms with Crippen LogP contribution >= 0.6 is 0 Å². The molecule has 0 amide bonds. The molecule has 1 saturated heterocycles. The van der Waals surface area contributed by atoms with E-state index < -0.39 is 10.2 Å². The van der Waals surface area contributed by atoms with Crippen LogP contribution in [0, 0.1) is 5.92 Å². The van der Waals surface area contributed by atoms with Crippen molar-refractivity contribution in [2.75, 3.05) is 46.9 Å². The molecule has 0 aliphatic carbocycles. The highest BCUT2D eigenvalue weighted by Gasteiger charge is 2.34. The second-order valence-corrected chi connectivity index (χ2v) is 7.51. The van der Waals surface area contributed by atoms with Gasteiger partial charge in [-0.25, -0.2) is 0 Å². The molecule has 6 nitrogen and oxygen atoms in total. The minimum Gasteiger partial charge on any atom is -0.383 e. The van der Waals surface area contributed by atoms with Gasteiger partial charge >= 0.3 is 0 Å². The van der Waals surface area contributed by atoms with E-state index in [1.165, 1.54) is 4.31 Å². The van der Waals surface area contributed by atoms with Crippen LogP contribution in [-0.4, -0.2) is 70.0 Å². The zero-order valence-corrected chi connectivity index (χ0v) is 13.9. The molecule has 1 N–H and O–H groups in total. The molecule has 20 heavy (non-hydrogen) atoms. The van der Waals surface area contributed by atoms with E-state index in [0.717, 1.165) is 19.4 Å². The number of piperidine rings is 1. The minimum atomic E-state index is -3.39. The summed E-state index contributed by atoms with van der Waals surface area (Å²) in [4.78, 5) is 0. The summed E-state index contributed by atoms with van der Waals surface area (Å²) in [5, 5.41) is 3.14. The molecule has 120 valence electrons. The zero-order chi connectivity index (χ0) is 15.2. The summed E-state index contributed by atoms with van der Waals surface area (Å²) in [7, 11) is 0.113. The second-order valence-electron chi connectivity index (χ2n) is 5.63. The van der Waals surface area contributed by atoms with Crippen LogP contribution in [0.3, 0.4) is 0 Å². The first kappa shape index (κ1) is 17.8. The maximum absolute atomic E-state index is 12.8. The van der Waals surface area contributed by atoms with Crippen molar-refractivity contribution >= 4 is 10.2 Å². The molecule has 0 saturated carbocycles. The first-order chi connectivity index (χ1) is 9.43. The molecule has 0 bridgehead atoms. The Morgan fingerprint density at radius 2 is 2.15 bits per heavy atom. The lowest BCUT2D eigenvalue weighted by molar-refractivity contribution is 0.163. The van der Waals surface area contributed by atoms with Crippen molar-refractivity contribution in [2.45, 2.75) is 32.7 Å². The van der Waals surface area contributed by atoms with E-state index in [-0.39, 0.29) is 6.04 Å². The third kappa shape index (κ3) is 4.66. The lowest BCUT2D eigenvalue weighted by Gasteiger charge is -2.36. The van der Waals surface area contributed by atoms with Crippen LogP contribution < -0.4 is 5.32 Å². The Hall–Kier alpha value is -0.210. The molecule has 1 aliphatic rings. The van der Waals surface area contributed by atoms with Crippen LogP contribution in [0.15, 0.2) is 0 Å². The van der Waals surface area contributed by atoms with Crippen molar-refractivity contribution in [3.05, 3.63) is 0 Å². The molecular formula is C13H29N3O3S. The average Bonchev–Trinajstić information content (AvgIpc) is 2.39. The Kier molecular flexibility index (Phi) is 7.39. The summed E-state index contributed by atoms with van der Waals surface area (Å²) in [5.41, 5.74) is 0. The van der Waals surface area contributed by atoms with E-state index in [2.05, 4.69) is 5.32 Å². The van der Waals surface area contributed by atoms with Crippen molar-refractivity contribution in [1.29, 1.82) is 0 Å². The van der Waals surface area contributed by atoms with Gasteiger partial charge in [0.1, 0.15) is 0 Å². The fourth-order valence-corrected chi connectivity index (χ4v) is 4.55. The van der Waals surface area contributed by atoms with Crippen LogP contribution in [0.2, 0.25) is 0 Å². The highest BCUT2D eigenvalue weighted by atomic mass is 32.2. The fraction of sp³-hybridized carbons (Fsp3) is 1.00. The van der Waals surface area contributed by atoms with Gasteiger partial charge in [0.15, 0.2) is 0 Å². The molecule has 0 aromatic carbocycles. The van der Waals surface area contributed by atoms with Gasteiger partial charge in [-0.05, 0) is 46.2 Å². The molecule has 1 heterocycles. The van der Waals surface area contributed by atoms with Crippen molar-refractivity contribution in [3.63, 3.8) is 0 Å². The summed E-state index contributed by atoms with van der Waals surface area (Å²) in [6, 6.07) is -0.0557. The van der Waals surface area contributed by atoms with E-state index in [1.54, 1.807) is 11.4 Å². The molecule has 1 rings (SSSR count). The smallest absolute Gasteiger partial charge is 0.282 e. The standard InChI is InChI=1S/C13H29N3O3S/c1-12(2)16(8-9-19-4)20(17,18)15-7-5-6-13(11-15)10-14-3/h12-14H,5-11H2,1-4H3. The van der Waals surface area contributed by atoms with Crippen molar-refractivity contribution in [1.82, 2.24) is 13.9 Å². The Balaban J connectivity index is 2.78. The molecule has 1 aliphatic heterocycles. The van der Waals surface area contributed by atoms with Crippen LogP contribution in [0.5, 0.6) is 0 Å². The average molecular weight is 307 g/mol. The fourth-order valence-electron chi connectivity index (χ4n) is 2.66. The molecule has 1 fully saturated rings. The highest BCUT2D eigenvalue weighted by Crippen LogP contribution is 2.21. The van der Waals surface area contributed by atoms with Gasteiger partial charge in [-0.1, -0.05) is 0 Å². The summed E-state index contributed by atoms with van der Waals surface area (Å²) in [6.45, 7) is 6.74. The van der Waals surface area contributed by atoms with Crippen LogP contribution in [-0.2, 0) is 14.9 Å². The first-order valence-electron chi connectivity index (χ1n) is 7.34. The molecule has 0 aromatic heterocycles. The SMILES string of the molecule is CNCC1CCCN(S(=O)(=O)N(CCOC)C(C)C)C1. The number of ether oxygens (including phenoxy) is 1. The third-order valence-corrected chi connectivity index (χ3v) is 5.87. The molecule has 0 spiro atoms.